The van der Waals surface area contributed by atoms with Crippen molar-refractivity contribution in [3.8, 4) is 0 Å². The van der Waals surface area contributed by atoms with E-state index < -0.39 is 0 Å². The lowest BCUT2D eigenvalue weighted by atomic mass is 9.41. The van der Waals surface area contributed by atoms with E-state index in [1.165, 1.54) is 44.1 Å². The Morgan fingerprint density at radius 1 is 1.00 bits per heavy atom. The SMILES string of the molecule is Cc1cccc2c1CCC1(C)C3CCC(C(C)C)C3(C)CCC21C. The van der Waals surface area contributed by atoms with Gasteiger partial charge in [0.25, 0.3) is 0 Å². The molecule has 5 unspecified atom stereocenters. The van der Waals surface area contributed by atoms with Crippen molar-refractivity contribution in [2.45, 2.75) is 85.5 Å². The van der Waals surface area contributed by atoms with Gasteiger partial charge in [-0.05, 0) is 96.1 Å². The van der Waals surface area contributed by atoms with Crippen LogP contribution in [0.25, 0.3) is 0 Å². The largest absolute Gasteiger partial charge is 0.0625 e. The Kier molecular flexibility index (Phi) is 3.56. The van der Waals surface area contributed by atoms with Crippen LogP contribution in [0.5, 0.6) is 0 Å². The maximum Gasteiger partial charge on any atom is -0.00155 e. The van der Waals surface area contributed by atoms with Gasteiger partial charge in [-0.2, -0.15) is 0 Å². The first-order valence-electron chi connectivity index (χ1n) is 10.3. The van der Waals surface area contributed by atoms with Crippen molar-refractivity contribution in [1.29, 1.82) is 0 Å². The third-order valence-corrected chi connectivity index (χ3v) is 9.31. The lowest BCUT2D eigenvalue weighted by Crippen LogP contribution is -2.58. The summed E-state index contributed by atoms with van der Waals surface area (Å²) in [5, 5.41) is 0. The summed E-state index contributed by atoms with van der Waals surface area (Å²) in [6.07, 6.45) is 8.44. The molecule has 3 aliphatic carbocycles. The molecule has 1 aromatic rings. The Morgan fingerprint density at radius 3 is 2.46 bits per heavy atom. The third kappa shape index (κ3) is 1.86. The topological polar surface area (TPSA) is 0 Å². The average Bonchev–Trinajstić information content (AvgIpc) is 2.88. The normalized spacial score (nSPS) is 44.1. The van der Waals surface area contributed by atoms with Crippen molar-refractivity contribution in [3.63, 3.8) is 0 Å². The highest BCUT2D eigenvalue weighted by Crippen LogP contribution is 2.71. The number of aryl methyl sites for hydroxylation is 1. The first-order chi connectivity index (χ1) is 11.2. The lowest BCUT2D eigenvalue weighted by molar-refractivity contribution is -0.0856. The Bertz CT molecular complexity index is 656. The molecule has 24 heavy (non-hydrogen) atoms. The molecule has 0 heteroatoms. The van der Waals surface area contributed by atoms with Gasteiger partial charge < -0.3 is 0 Å². The molecule has 132 valence electrons. The molecule has 0 aromatic heterocycles. The van der Waals surface area contributed by atoms with Crippen molar-refractivity contribution >= 4 is 0 Å². The summed E-state index contributed by atoms with van der Waals surface area (Å²) >= 11 is 0. The molecule has 1 aromatic carbocycles. The van der Waals surface area contributed by atoms with E-state index in [4.69, 9.17) is 0 Å². The number of fused-ring (bicyclic) bond motifs is 5. The summed E-state index contributed by atoms with van der Waals surface area (Å²) in [6.45, 7) is 15.2. The summed E-state index contributed by atoms with van der Waals surface area (Å²) in [5.74, 6) is 2.68. The molecule has 3 aliphatic rings. The molecule has 0 bridgehead atoms. The van der Waals surface area contributed by atoms with Gasteiger partial charge in [0, 0.05) is 0 Å². The summed E-state index contributed by atoms with van der Waals surface area (Å²) in [4.78, 5) is 0. The Labute approximate surface area is 149 Å². The summed E-state index contributed by atoms with van der Waals surface area (Å²) in [5.41, 5.74) is 6.33. The molecule has 0 N–H and O–H groups in total. The second-order valence-corrected chi connectivity index (χ2v) is 10.3. The molecule has 2 fully saturated rings. The number of hydrogen-bond acceptors (Lipinski definition) is 0. The van der Waals surface area contributed by atoms with E-state index >= 15 is 0 Å². The molecule has 5 atom stereocenters. The van der Waals surface area contributed by atoms with E-state index in [0.717, 1.165) is 17.8 Å². The monoisotopic (exact) mass is 324 g/mol. The fourth-order valence-electron chi connectivity index (χ4n) is 7.78. The zero-order chi connectivity index (χ0) is 17.3. The van der Waals surface area contributed by atoms with Gasteiger partial charge >= 0.3 is 0 Å². The van der Waals surface area contributed by atoms with Gasteiger partial charge in [0.1, 0.15) is 0 Å². The van der Waals surface area contributed by atoms with Crippen LogP contribution in [0.4, 0.5) is 0 Å². The molecule has 0 heterocycles. The minimum absolute atomic E-state index is 0.378. The fraction of sp³-hybridized carbons (Fsp3) is 0.750. The molecular formula is C24H36. The number of benzene rings is 1. The van der Waals surface area contributed by atoms with Crippen molar-refractivity contribution < 1.29 is 0 Å². The zero-order valence-electron chi connectivity index (χ0n) is 16.7. The first kappa shape index (κ1) is 16.7. The highest BCUT2D eigenvalue weighted by Gasteiger charge is 2.64. The number of hydrogen-bond donors (Lipinski definition) is 0. The van der Waals surface area contributed by atoms with Gasteiger partial charge in [-0.15, -0.1) is 0 Å². The van der Waals surface area contributed by atoms with E-state index in [0.29, 0.717) is 16.2 Å². The van der Waals surface area contributed by atoms with Gasteiger partial charge in [0.2, 0.25) is 0 Å². The quantitative estimate of drug-likeness (QED) is 0.540. The van der Waals surface area contributed by atoms with E-state index in [9.17, 15) is 0 Å². The maximum atomic E-state index is 2.67. The Hall–Kier alpha value is -0.780. The summed E-state index contributed by atoms with van der Waals surface area (Å²) in [6, 6.07) is 7.10. The molecule has 0 spiro atoms. The Morgan fingerprint density at radius 2 is 1.75 bits per heavy atom. The van der Waals surface area contributed by atoms with Crippen LogP contribution in [0.2, 0.25) is 0 Å². The highest BCUT2D eigenvalue weighted by molar-refractivity contribution is 5.44. The van der Waals surface area contributed by atoms with Crippen LogP contribution in [0.15, 0.2) is 18.2 Å². The predicted octanol–water partition coefficient (Wildman–Crippen LogP) is 6.69. The van der Waals surface area contributed by atoms with Crippen LogP contribution in [0.3, 0.4) is 0 Å². The minimum atomic E-state index is 0.378. The zero-order valence-corrected chi connectivity index (χ0v) is 16.7. The predicted molar refractivity (Wildman–Crippen MR) is 103 cm³/mol. The van der Waals surface area contributed by atoms with Gasteiger partial charge in [-0.3, -0.25) is 0 Å². The van der Waals surface area contributed by atoms with Crippen molar-refractivity contribution in [2.24, 2.45) is 28.6 Å². The van der Waals surface area contributed by atoms with Gasteiger partial charge in [0.15, 0.2) is 0 Å². The van der Waals surface area contributed by atoms with E-state index in [1.54, 1.807) is 11.1 Å². The minimum Gasteiger partial charge on any atom is -0.0625 e. The third-order valence-electron chi connectivity index (χ3n) is 9.31. The van der Waals surface area contributed by atoms with Crippen LogP contribution in [0.1, 0.15) is 83.4 Å². The van der Waals surface area contributed by atoms with E-state index in [1.807, 2.05) is 0 Å². The van der Waals surface area contributed by atoms with Crippen molar-refractivity contribution in [1.82, 2.24) is 0 Å². The average molecular weight is 325 g/mol. The van der Waals surface area contributed by atoms with Crippen LogP contribution < -0.4 is 0 Å². The standard InChI is InChI=1S/C24H36/c1-16(2)19-10-11-21-22(19,4)14-15-23(5)20-9-7-8-17(3)18(20)12-13-24(21,23)6/h7-9,16,19,21H,10-15H2,1-6H3. The maximum absolute atomic E-state index is 2.67. The van der Waals surface area contributed by atoms with Crippen LogP contribution in [-0.2, 0) is 11.8 Å². The van der Waals surface area contributed by atoms with Crippen LogP contribution in [-0.4, -0.2) is 0 Å². The summed E-state index contributed by atoms with van der Waals surface area (Å²) < 4.78 is 0. The molecule has 4 rings (SSSR count). The lowest BCUT2D eigenvalue weighted by Gasteiger charge is -2.63. The molecule has 0 nitrogen and oxygen atoms in total. The van der Waals surface area contributed by atoms with Crippen molar-refractivity contribution in [2.75, 3.05) is 0 Å². The molecular weight excluding hydrogens is 288 g/mol. The molecule has 0 radical (unpaired) electrons. The second-order valence-electron chi connectivity index (χ2n) is 10.3. The Balaban J connectivity index is 1.83. The molecule has 0 saturated heterocycles. The van der Waals surface area contributed by atoms with E-state index in [2.05, 4.69) is 59.7 Å². The van der Waals surface area contributed by atoms with Crippen molar-refractivity contribution in [3.05, 3.63) is 34.9 Å². The van der Waals surface area contributed by atoms with Crippen LogP contribution >= 0.6 is 0 Å². The smallest absolute Gasteiger partial charge is 0.00155 e. The number of rotatable bonds is 1. The van der Waals surface area contributed by atoms with Gasteiger partial charge in [-0.1, -0.05) is 52.8 Å². The first-order valence-corrected chi connectivity index (χ1v) is 10.3. The second kappa shape index (κ2) is 5.12. The van der Waals surface area contributed by atoms with Gasteiger partial charge in [-0.25, -0.2) is 0 Å². The van der Waals surface area contributed by atoms with Gasteiger partial charge in [0.05, 0.1) is 0 Å². The fourth-order valence-corrected chi connectivity index (χ4v) is 7.78. The summed E-state index contributed by atoms with van der Waals surface area (Å²) in [7, 11) is 0. The highest BCUT2D eigenvalue weighted by atomic mass is 14.7. The molecule has 2 saturated carbocycles. The van der Waals surface area contributed by atoms with Crippen LogP contribution in [0, 0.1) is 35.5 Å². The molecule has 0 amide bonds. The molecule has 0 aliphatic heterocycles. The van der Waals surface area contributed by atoms with E-state index in [-0.39, 0.29) is 0 Å².